The van der Waals surface area contributed by atoms with E-state index in [4.69, 9.17) is 32.3 Å². The van der Waals surface area contributed by atoms with Crippen LogP contribution in [0.1, 0.15) is 51.4 Å². The third-order valence-electron chi connectivity index (χ3n) is 6.62. The van der Waals surface area contributed by atoms with Crippen molar-refractivity contribution in [3.8, 4) is 0 Å². The Balaban J connectivity index is 1.58. The zero-order chi connectivity index (χ0) is 22.5. The van der Waals surface area contributed by atoms with Crippen molar-refractivity contribution in [3.63, 3.8) is 0 Å². The summed E-state index contributed by atoms with van der Waals surface area (Å²) in [6.07, 6.45) is 9.62. The number of nitrogen functional groups attached to an aromatic ring is 1. The van der Waals surface area contributed by atoms with Crippen LogP contribution in [0.4, 0.5) is 29.2 Å². The van der Waals surface area contributed by atoms with Gasteiger partial charge in [0, 0.05) is 24.8 Å². The first-order valence-corrected chi connectivity index (χ1v) is 12.1. The lowest BCUT2D eigenvalue weighted by atomic mass is 10.0. The van der Waals surface area contributed by atoms with Crippen LogP contribution >= 0.6 is 11.6 Å². The summed E-state index contributed by atoms with van der Waals surface area (Å²) in [5, 5.41) is 7.38. The maximum absolute atomic E-state index is 6.21. The monoisotopic (exact) mass is 458 g/mol. The molecule has 0 atom stereocenters. The number of halogens is 1. The molecule has 1 aromatic heterocycles. The molecule has 0 amide bonds. The van der Waals surface area contributed by atoms with Crippen LogP contribution in [0.3, 0.4) is 0 Å². The van der Waals surface area contributed by atoms with Gasteiger partial charge in [-0.25, -0.2) is 0 Å². The van der Waals surface area contributed by atoms with Crippen LogP contribution in [0.2, 0.25) is 5.02 Å². The molecule has 1 aromatic carbocycles. The van der Waals surface area contributed by atoms with E-state index in [9.17, 15) is 0 Å². The Hall–Kier alpha value is -2.32. The molecule has 8 nitrogen and oxygen atoms in total. The van der Waals surface area contributed by atoms with Crippen LogP contribution in [-0.4, -0.2) is 59.1 Å². The number of hydrogen-bond donors (Lipinski definition) is 3. The number of nitrogens with one attached hydrogen (secondary N) is 2. The first-order chi connectivity index (χ1) is 15.5. The lowest BCUT2D eigenvalue weighted by Crippen LogP contribution is -2.42. The average Bonchev–Trinajstić information content (AvgIpc) is 3.05. The zero-order valence-corrected chi connectivity index (χ0v) is 19.9. The Kier molecular flexibility index (Phi) is 7.52. The number of piperidine rings is 1. The second-order valence-corrected chi connectivity index (χ2v) is 9.53. The van der Waals surface area contributed by atoms with E-state index in [0.717, 1.165) is 44.5 Å². The Labute approximate surface area is 196 Å². The van der Waals surface area contributed by atoms with E-state index >= 15 is 0 Å². The van der Waals surface area contributed by atoms with Crippen LogP contribution in [0.15, 0.2) is 18.2 Å². The molecule has 2 heterocycles. The summed E-state index contributed by atoms with van der Waals surface area (Å²) < 4.78 is 0. The van der Waals surface area contributed by atoms with Crippen molar-refractivity contribution in [3.05, 3.63) is 23.2 Å². The van der Waals surface area contributed by atoms with E-state index in [-0.39, 0.29) is 0 Å². The molecule has 9 heteroatoms. The van der Waals surface area contributed by atoms with Gasteiger partial charge in [-0.2, -0.15) is 15.0 Å². The Morgan fingerprint density at radius 2 is 1.69 bits per heavy atom. The molecule has 1 aliphatic heterocycles. The number of hydrogen-bond acceptors (Lipinski definition) is 8. The fourth-order valence-corrected chi connectivity index (χ4v) is 4.71. The summed E-state index contributed by atoms with van der Waals surface area (Å²) in [4.78, 5) is 18.8. The van der Waals surface area contributed by atoms with E-state index in [0.29, 0.717) is 40.6 Å². The Morgan fingerprint density at radius 3 is 2.38 bits per heavy atom. The normalized spacial score (nSPS) is 18.8. The SMILES string of the molecule is CN1CCC(N(C)c2nc(Nc3ccc(N)c(Cl)c3)nc(NC3CCCCCC3)n2)CC1. The van der Waals surface area contributed by atoms with Crippen molar-refractivity contribution in [2.45, 2.75) is 63.5 Å². The van der Waals surface area contributed by atoms with Crippen molar-refractivity contribution in [1.82, 2.24) is 19.9 Å². The summed E-state index contributed by atoms with van der Waals surface area (Å²) in [5.41, 5.74) is 7.20. The second kappa shape index (κ2) is 10.5. The molecule has 2 aliphatic rings. The van der Waals surface area contributed by atoms with Gasteiger partial charge in [0.1, 0.15) is 0 Å². The minimum absolute atomic E-state index is 0.403. The summed E-state index contributed by atoms with van der Waals surface area (Å²) in [7, 11) is 4.26. The van der Waals surface area contributed by atoms with Crippen molar-refractivity contribution >= 4 is 40.8 Å². The number of rotatable bonds is 6. The number of nitrogens with two attached hydrogens (primary N) is 1. The van der Waals surface area contributed by atoms with Crippen molar-refractivity contribution in [2.75, 3.05) is 48.5 Å². The van der Waals surface area contributed by atoms with Gasteiger partial charge in [0.05, 0.1) is 10.7 Å². The highest BCUT2D eigenvalue weighted by Crippen LogP contribution is 2.27. The van der Waals surface area contributed by atoms with Crippen LogP contribution < -0.4 is 21.3 Å². The third-order valence-corrected chi connectivity index (χ3v) is 6.95. The molecule has 1 saturated heterocycles. The molecule has 0 radical (unpaired) electrons. The number of aromatic nitrogens is 3. The van der Waals surface area contributed by atoms with Gasteiger partial charge in [-0.05, 0) is 64.0 Å². The van der Waals surface area contributed by atoms with E-state index in [2.05, 4.69) is 34.5 Å². The van der Waals surface area contributed by atoms with Crippen LogP contribution in [0.5, 0.6) is 0 Å². The largest absolute Gasteiger partial charge is 0.398 e. The van der Waals surface area contributed by atoms with E-state index in [1.54, 1.807) is 12.1 Å². The molecule has 2 aromatic rings. The van der Waals surface area contributed by atoms with Crippen LogP contribution in [0, 0.1) is 0 Å². The molecule has 0 bridgehead atoms. The van der Waals surface area contributed by atoms with Crippen molar-refractivity contribution < 1.29 is 0 Å². The molecular weight excluding hydrogens is 424 g/mol. The summed E-state index contributed by atoms with van der Waals surface area (Å²) >= 11 is 6.21. The number of nitrogens with zero attached hydrogens (tertiary/aromatic N) is 5. The third kappa shape index (κ3) is 5.92. The Bertz CT molecular complexity index is 892. The second-order valence-electron chi connectivity index (χ2n) is 9.12. The summed E-state index contributed by atoms with van der Waals surface area (Å²) in [6.45, 7) is 2.17. The van der Waals surface area contributed by atoms with Crippen LogP contribution in [-0.2, 0) is 0 Å². The maximum Gasteiger partial charge on any atom is 0.233 e. The maximum atomic E-state index is 6.21. The molecule has 1 saturated carbocycles. The van der Waals surface area contributed by atoms with Crippen molar-refractivity contribution in [1.29, 1.82) is 0 Å². The predicted molar refractivity (Wildman–Crippen MR) is 133 cm³/mol. The fourth-order valence-electron chi connectivity index (χ4n) is 4.53. The van der Waals surface area contributed by atoms with Gasteiger partial charge in [0.25, 0.3) is 0 Å². The highest BCUT2D eigenvalue weighted by molar-refractivity contribution is 6.33. The smallest absolute Gasteiger partial charge is 0.233 e. The summed E-state index contributed by atoms with van der Waals surface area (Å²) in [5.74, 6) is 1.83. The minimum atomic E-state index is 0.403. The molecule has 2 fully saturated rings. The topological polar surface area (TPSA) is 95.2 Å². The first kappa shape index (κ1) is 22.9. The minimum Gasteiger partial charge on any atom is -0.398 e. The fraction of sp³-hybridized carbons (Fsp3) is 0.609. The predicted octanol–water partition coefficient (Wildman–Crippen LogP) is 4.52. The lowest BCUT2D eigenvalue weighted by Gasteiger charge is -2.35. The standard InChI is InChI=1S/C23H35ClN8/c1-31-13-11-18(12-14-31)32(2)23-29-21(26-16-7-5-3-4-6-8-16)28-22(30-23)27-17-9-10-20(25)19(24)15-17/h9-10,15-16,18H,3-8,11-14,25H2,1-2H3,(H2,26,27,28,29,30). The van der Waals surface area contributed by atoms with Gasteiger partial charge in [-0.1, -0.05) is 37.3 Å². The molecule has 174 valence electrons. The Morgan fingerprint density at radius 1 is 1.00 bits per heavy atom. The number of anilines is 5. The lowest BCUT2D eigenvalue weighted by molar-refractivity contribution is 0.252. The molecule has 32 heavy (non-hydrogen) atoms. The number of benzene rings is 1. The first-order valence-electron chi connectivity index (χ1n) is 11.7. The highest BCUT2D eigenvalue weighted by Gasteiger charge is 2.24. The molecule has 4 rings (SSSR count). The molecule has 0 spiro atoms. The van der Waals surface area contributed by atoms with E-state index < -0.39 is 0 Å². The molecule has 4 N–H and O–H groups in total. The van der Waals surface area contributed by atoms with E-state index in [1.807, 2.05) is 6.07 Å². The van der Waals surface area contributed by atoms with Gasteiger partial charge in [0.2, 0.25) is 17.8 Å². The van der Waals surface area contributed by atoms with Crippen molar-refractivity contribution in [2.24, 2.45) is 0 Å². The van der Waals surface area contributed by atoms with E-state index in [1.165, 1.54) is 25.7 Å². The van der Waals surface area contributed by atoms with Crippen LogP contribution in [0.25, 0.3) is 0 Å². The number of likely N-dealkylation sites (tertiary alicyclic amines) is 1. The van der Waals surface area contributed by atoms with Gasteiger partial charge in [0.15, 0.2) is 0 Å². The van der Waals surface area contributed by atoms with Gasteiger partial charge >= 0.3 is 0 Å². The molecular formula is C23H35ClN8. The molecule has 0 unspecified atom stereocenters. The summed E-state index contributed by atoms with van der Waals surface area (Å²) in [6, 6.07) is 6.27. The van der Waals surface area contributed by atoms with Gasteiger partial charge in [-0.15, -0.1) is 0 Å². The highest BCUT2D eigenvalue weighted by atomic mass is 35.5. The van der Waals surface area contributed by atoms with Gasteiger partial charge < -0.3 is 26.2 Å². The average molecular weight is 459 g/mol. The van der Waals surface area contributed by atoms with Gasteiger partial charge in [-0.3, -0.25) is 0 Å². The quantitative estimate of drug-likeness (QED) is 0.429. The molecule has 1 aliphatic carbocycles. The zero-order valence-electron chi connectivity index (χ0n) is 19.1.